The van der Waals surface area contributed by atoms with Crippen molar-refractivity contribution in [3.63, 3.8) is 0 Å². The van der Waals surface area contributed by atoms with Crippen molar-refractivity contribution < 1.29 is 28.6 Å². The SMILES string of the molecule is CC[C@]12CC[C@H]3[C@@H](CCC4=CC(=O)CC[C@@H]43)[C@@H]1CC[C@@]2(O)C#Cc1ccc(C#C[C@]2(O)CC[C@H]3[C@@H]4CCC5=CC(=O)CC[C@@H]5[C@H]4CC[C@@]32CC)c(F)c1F. The molecule has 0 bridgehead atoms. The highest BCUT2D eigenvalue weighted by molar-refractivity contribution is 5.91. The van der Waals surface area contributed by atoms with Crippen molar-refractivity contribution in [2.24, 2.45) is 58.2 Å². The van der Waals surface area contributed by atoms with E-state index in [9.17, 15) is 19.8 Å². The van der Waals surface area contributed by atoms with Gasteiger partial charge < -0.3 is 10.2 Å². The molecule has 8 aliphatic rings. The molecular weight excluding hydrogens is 679 g/mol. The Kier molecular flexibility index (Phi) is 8.99. The molecule has 4 nitrogen and oxygen atoms in total. The smallest absolute Gasteiger partial charge is 0.175 e. The number of carbonyl (C=O) groups excluding carboxylic acids is 2. The van der Waals surface area contributed by atoms with Gasteiger partial charge in [0.1, 0.15) is 11.2 Å². The van der Waals surface area contributed by atoms with Gasteiger partial charge in [0, 0.05) is 23.7 Å². The number of rotatable bonds is 2. The summed E-state index contributed by atoms with van der Waals surface area (Å²) < 4.78 is 31.6. The first kappa shape index (κ1) is 36.6. The average molecular weight is 735 g/mol. The predicted molar refractivity (Wildman–Crippen MR) is 203 cm³/mol. The molecule has 6 saturated carbocycles. The Morgan fingerprint density at radius 2 is 1.02 bits per heavy atom. The van der Waals surface area contributed by atoms with Gasteiger partial charge in [0.15, 0.2) is 23.2 Å². The molecule has 9 rings (SSSR count). The van der Waals surface area contributed by atoms with E-state index in [0.29, 0.717) is 73.0 Å². The zero-order valence-corrected chi connectivity index (χ0v) is 32.1. The average Bonchev–Trinajstić information content (AvgIpc) is 3.65. The van der Waals surface area contributed by atoms with E-state index in [2.05, 4.69) is 37.5 Å². The van der Waals surface area contributed by atoms with Crippen LogP contribution in [0.1, 0.15) is 141 Å². The number of hydrogen-bond donors (Lipinski definition) is 2. The summed E-state index contributed by atoms with van der Waals surface area (Å²) >= 11 is 0. The fourth-order valence-corrected chi connectivity index (χ4v) is 14.9. The molecule has 0 aromatic heterocycles. The summed E-state index contributed by atoms with van der Waals surface area (Å²) in [6, 6.07) is 2.95. The van der Waals surface area contributed by atoms with Crippen molar-refractivity contribution in [2.75, 3.05) is 0 Å². The second-order valence-electron chi connectivity index (χ2n) is 18.8. The van der Waals surface area contributed by atoms with E-state index in [1.54, 1.807) is 0 Å². The van der Waals surface area contributed by atoms with Crippen molar-refractivity contribution in [3.05, 3.63) is 58.2 Å². The Bertz CT molecular complexity index is 1820. The lowest BCUT2D eigenvalue weighted by Gasteiger charge is -2.56. The van der Waals surface area contributed by atoms with E-state index >= 15 is 8.78 Å². The van der Waals surface area contributed by atoms with Crippen LogP contribution in [0.3, 0.4) is 0 Å². The molecule has 0 saturated heterocycles. The fraction of sp³-hybridized carbons (Fsp3) is 0.667. The Morgan fingerprint density at radius 1 is 0.593 bits per heavy atom. The van der Waals surface area contributed by atoms with E-state index in [0.717, 1.165) is 89.9 Å². The highest BCUT2D eigenvalue weighted by Gasteiger charge is 2.65. The maximum Gasteiger partial charge on any atom is 0.175 e. The third kappa shape index (κ3) is 5.28. The van der Waals surface area contributed by atoms with Crippen LogP contribution < -0.4 is 0 Å². The van der Waals surface area contributed by atoms with Crippen molar-refractivity contribution in [1.29, 1.82) is 0 Å². The van der Waals surface area contributed by atoms with E-state index < -0.39 is 22.8 Å². The lowest BCUT2D eigenvalue weighted by Crippen LogP contribution is -2.53. The second kappa shape index (κ2) is 13.3. The number of benzene rings is 1. The fourth-order valence-electron chi connectivity index (χ4n) is 14.9. The molecule has 2 N–H and O–H groups in total. The summed E-state index contributed by atoms with van der Waals surface area (Å²) in [4.78, 5) is 24.3. The van der Waals surface area contributed by atoms with Crippen LogP contribution in [0.15, 0.2) is 35.4 Å². The van der Waals surface area contributed by atoms with E-state index in [1.807, 2.05) is 12.2 Å². The highest BCUT2D eigenvalue weighted by Crippen LogP contribution is 2.67. The summed E-state index contributed by atoms with van der Waals surface area (Å²) in [5.41, 5.74) is -0.812. The van der Waals surface area contributed by atoms with Crippen molar-refractivity contribution in [2.45, 2.75) is 141 Å². The van der Waals surface area contributed by atoms with Crippen LogP contribution in [0, 0.1) is 93.5 Å². The number of fused-ring (bicyclic) bond motifs is 10. The first-order valence-electron chi connectivity index (χ1n) is 21.4. The van der Waals surface area contributed by atoms with Crippen LogP contribution in [-0.4, -0.2) is 33.0 Å². The zero-order chi connectivity index (χ0) is 37.6. The summed E-state index contributed by atoms with van der Waals surface area (Å²) in [7, 11) is 0. The molecule has 6 heteroatoms. The minimum absolute atomic E-state index is 0.0766. The molecule has 54 heavy (non-hydrogen) atoms. The monoisotopic (exact) mass is 734 g/mol. The van der Waals surface area contributed by atoms with Crippen molar-refractivity contribution >= 4 is 11.6 Å². The van der Waals surface area contributed by atoms with Gasteiger partial charge in [-0.1, -0.05) is 48.7 Å². The minimum Gasteiger partial charge on any atom is -0.377 e. The molecule has 12 atom stereocenters. The maximum absolute atomic E-state index is 15.8. The van der Waals surface area contributed by atoms with Gasteiger partial charge in [-0.3, -0.25) is 9.59 Å². The van der Waals surface area contributed by atoms with Crippen LogP contribution in [-0.2, 0) is 9.59 Å². The molecule has 0 unspecified atom stereocenters. The van der Waals surface area contributed by atoms with Crippen LogP contribution in [0.5, 0.6) is 0 Å². The molecule has 1 aromatic rings. The van der Waals surface area contributed by atoms with Gasteiger partial charge in [-0.25, -0.2) is 8.78 Å². The van der Waals surface area contributed by atoms with Gasteiger partial charge in [-0.05, 0) is 174 Å². The van der Waals surface area contributed by atoms with Gasteiger partial charge in [0.2, 0.25) is 0 Å². The number of ketones is 2. The minimum atomic E-state index is -1.28. The summed E-state index contributed by atoms with van der Waals surface area (Å²) in [6.45, 7) is 4.28. The highest BCUT2D eigenvalue weighted by atomic mass is 19.2. The second-order valence-corrected chi connectivity index (χ2v) is 18.8. The number of halogens is 2. The number of allylic oxidation sites excluding steroid dienone is 2. The van der Waals surface area contributed by atoms with Crippen LogP contribution >= 0.6 is 0 Å². The van der Waals surface area contributed by atoms with Crippen LogP contribution in [0.4, 0.5) is 8.78 Å². The first-order valence-corrected chi connectivity index (χ1v) is 21.4. The quantitative estimate of drug-likeness (QED) is 0.298. The Morgan fingerprint density at radius 3 is 1.43 bits per heavy atom. The van der Waals surface area contributed by atoms with Gasteiger partial charge in [-0.2, -0.15) is 0 Å². The molecule has 6 fully saturated rings. The molecule has 0 aliphatic heterocycles. The molecule has 0 amide bonds. The Hall–Kier alpha value is -3.06. The number of hydrogen-bond acceptors (Lipinski definition) is 4. The lowest BCUT2D eigenvalue weighted by atomic mass is 9.49. The van der Waals surface area contributed by atoms with Gasteiger partial charge in [0.25, 0.3) is 0 Å². The molecule has 1 aromatic carbocycles. The maximum atomic E-state index is 15.8. The Labute approximate surface area is 320 Å². The summed E-state index contributed by atoms with van der Waals surface area (Å²) in [5.74, 6) is 14.1. The van der Waals surface area contributed by atoms with Crippen molar-refractivity contribution in [3.8, 4) is 23.7 Å². The molecule has 0 radical (unpaired) electrons. The molecule has 8 aliphatic carbocycles. The van der Waals surface area contributed by atoms with Gasteiger partial charge in [0.05, 0.1) is 11.1 Å². The van der Waals surface area contributed by atoms with E-state index in [4.69, 9.17) is 0 Å². The topological polar surface area (TPSA) is 74.6 Å². The zero-order valence-electron chi connectivity index (χ0n) is 32.1. The Balaban J connectivity index is 0.943. The van der Waals surface area contributed by atoms with E-state index in [-0.39, 0.29) is 33.5 Å². The van der Waals surface area contributed by atoms with E-state index in [1.165, 1.54) is 23.3 Å². The molecule has 286 valence electrons. The summed E-state index contributed by atoms with van der Waals surface area (Å²) in [6.07, 6.45) is 19.1. The molecule has 0 heterocycles. The number of carbonyl (C=O) groups is 2. The predicted octanol–water partition coefficient (Wildman–Crippen LogP) is 9.19. The standard InChI is InChI=1S/C48H56F2O4/c1-3-45-21-17-37-35-13-9-33(51)27-31(35)7-11-39(37)41(45)19-25-47(45,53)23-15-29-5-6-30(44(50)43(29)49)16-24-48(54)26-20-42-40-12-8-32-28-34(52)10-14-36(32)38(40)18-22-46(42,48)4-2/h5-6,27-28,35-42,53-54H,3-4,7-14,17-22,25-26H2,1-2H3/t35-,36-,37+,38+,39+,40+,41-,42-,45-,46-,47-,48-/m0/s1. The lowest BCUT2D eigenvalue weighted by molar-refractivity contribution is -0.118. The third-order valence-corrected chi connectivity index (χ3v) is 17.4. The number of aliphatic hydroxyl groups is 2. The molecular formula is C48H56F2O4. The third-order valence-electron chi connectivity index (χ3n) is 17.4. The van der Waals surface area contributed by atoms with Gasteiger partial charge in [-0.15, -0.1) is 0 Å². The summed E-state index contributed by atoms with van der Waals surface area (Å²) in [5, 5.41) is 24.5. The normalized spacial score (nSPS) is 43.4. The molecule has 0 spiro atoms. The van der Waals surface area contributed by atoms with Crippen LogP contribution in [0.2, 0.25) is 0 Å². The first-order chi connectivity index (χ1) is 26.0. The van der Waals surface area contributed by atoms with Crippen molar-refractivity contribution in [1.82, 2.24) is 0 Å². The largest absolute Gasteiger partial charge is 0.377 e. The van der Waals surface area contributed by atoms with Gasteiger partial charge >= 0.3 is 0 Å². The van der Waals surface area contributed by atoms with Crippen LogP contribution in [0.25, 0.3) is 0 Å².